The molecular weight excluding hydrogens is 340 g/mol. The maximum absolute atomic E-state index is 11.8. The van der Waals surface area contributed by atoms with Gasteiger partial charge in [0.15, 0.2) is 8.32 Å². The maximum atomic E-state index is 11.8. The summed E-state index contributed by atoms with van der Waals surface area (Å²) < 4.78 is 6.79. The van der Waals surface area contributed by atoms with Gasteiger partial charge in [0.1, 0.15) is 0 Å². The highest BCUT2D eigenvalue weighted by atomic mass is 28.4. The van der Waals surface area contributed by atoms with Crippen LogP contribution < -0.4 is 0 Å². The second-order valence-electron chi connectivity index (χ2n) is 10.4. The molecule has 2 unspecified atom stereocenters. The van der Waals surface area contributed by atoms with Crippen LogP contribution in [0, 0.1) is 22.7 Å². The molecule has 1 saturated carbocycles. The van der Waals surface area contributed by atoms with Crippen molar-refractivity contribution in [2.75, 3.05) is 0 Å². The maximum Gasteiger partial charge on any atom is 0.192 e. The predicted octanol–water partition coefficient (Wildman–Crippen LogP) is 4.69. The normalized spacial score (nSPS) is 44.0. The highest BCUT2D eigenvalue weighted by molar-refractivity contribution is 6.74. The van der Waals surface area contributed by atoms with E-state index in [1.807, 2.05) is 13.0 Å². The highest BCUT2D eigenvalue weighted by Gasteiger charge is 2.73. The summed E-state index contributed by atoms with van der Waals surface area (Å²) in [5.74, 6) is -0.380. The molecule has 2 N–H and O–H groups in total. The Balaban J connectivity index is 2.62. The van der Waals surface area contributed by atoms with Gasteiger partial charge in [0, 0.05) is 16.7 Å². The van der Waals surface area contributed by atoms with Crippen LogP contribution in [0.15, 0.2) is 37.5 Å². The van der Waals surface area contributed by atoms with Gasteiger partial charge in [0.2, 0.25) is 0 Å². The van der Waals surface area contributed by atoms with E-state index in [1.165, 1.54) is 6.08 Å². The molecule has 0 saturated heterocycles. The van der Waals surface area contributed by atoms with Gasteiger partial charge in [-0.05, 0) is 31.0 Å². The quantitative estimate of drug-likeness (QED) is 0.539. The van der Waals surface area contributed by atoms with Crippen molar-refractivity contribution in [1.82, 2.24) is 0 Å². The predicted molar refractivity (Wildman–Crippen MR) is 111 cm³/mol. The lowest BCUT2D eigenvalue weighted by atomic mass is 9.61. The van der Waals surface area contributed by atoms with Crippen LogP contribution in [0.4, 0.5) is 0 Å². The first kappa shape index (κ1) is 21.6. The van der Waals surface area contributed by atoms with Crippen molar-refractivity contribution in [2.45, 2.75) is 77.5 Å². The van der Waals surface area contributed by atoms with Gasteiger partial charge in [0.05, 0.1) is 17.8 Å². The van der Waals surface area contributed by atoms with Crippen LogP contribution in [0.3, 0.4) is 0 Å². The van der Waals surface area contributed by atoms with Crippen molar-refractivity contribution >= 4 is 8.32 Å². The van der Waals surface area contributed by atoms with E-state index in [1.54, 1.807) is 0 Å². The van der Waals surface area contributed by atoms with E-state index < -0.39 is 30.9 Å². The number of aliphatic hydroxyl groups is 2. The van der Waals surface area contributed by atoms with Crippen LogP contribution in [0.1, 0.15) is 41.5 Å². The number of allylic oxidation sites excluding steroid dienone is 2. The van der Waals surface area contributed by atoms with E-state index in [4.69, 9.17) is 4.43 Å². The van der Waals surface area contributed by atoms with Crippen molar-refractivity contribution in [3.05, 3.63) is 37.5 Å². The lowest BCUT2D eigenvalue weighted by Crippen LogP contribution is -2.58. The Morgan fingerprint density at radius 1 is 1.19 bits per heavy atom. The van der Waals surface area contributed by atoms with Crippen molar-refractivity contribution < 1.29 is 14.6 Å². The average Bonchev–Trinajstić information content (AvgIpc) is 2.58. The van der Waals surface area contributed by atoms with Gasteiger partial charge in [0.25, 0.3) is 0 Å². The fourth-order valence-corrected chi connectivity index (χ4v) is 6.56. The smallest absolute Gasteiger partial charge is 0.192 e. The molecule has 4 heteroatoms. The number of hydrogen-bond acceptors (Lipinski definition) is 3. The van der Waals surface area contributed by atoms with Crippen LogP contribution in [-0.4, -0.2) is 36.3 Å². The van der Waals surface area contributed by atoms with Gasteiger partial charge in [-0.2, -0.15) is 0 Å². The number of aliphatic hydroxyl groups excluding tert-OH is 1. The molecule has 0 amide bonds. The summed E-state index contributed by atoms with van der Waals surface area (Å²) in [4.78, 5) is 0. The molecule has 2 aliphatic carbocycles. The molecule has 26 heavy (non-hydrogen) atoms. The minimum Gasteiger partial charge on any atom is -0.410 e. The van der Waals surface area contributed by atoms with Gasteiger partial charge in [-0.3, -0.25) is 0 Å². The second-order valence-corrected chi connectivity index (χ2v) is 15.1. The van der Waals surface area contributed by atoms with E-state index in [2.05, 4.69) is 73.0 Å². The fraction of sp³-hybridized carbons (Fsp3) is 0.727. The van der Waals surface area contributed by atoms with Gasteiger partial charge in [-0.15, -0.1) is 13.2 Å². The third-order valence-corrected chi connectivity index (χ3v) is 12.4. The zero-order valence-electron chi connectivity index (χ0n) is 17.8. The molecule has 0 heterocycles. The second kappa shape index (κ2) is 6.16. The van der Waals surface area contributed by atoms with E-state index >= 15 is 0 Å². The summed E-state index contributed by atoms with van der Waals surface area (Å²) in [5.41, 5.74) is -2.12. The first-order valence-corrected chi connectivity index (χ1v) is 12.5. The summed E-state index contributed by atoms with van der Waals surface area (Å²) in [5, 5.41) is 22.5. The SMILES string of the molecule is C=C[C@H](O)[C@@H]1C2(C)C=C[C@H](O[Si](C)(C)C(C)(C)C)C(C)([C@H]2C=C)[C@]1(C)O. The Labute approximate surface area is 161 Å². The van der Waals surface area contributed by atoms with Crippen LogP contribution >= 0.6 is 0 Å². The lowest BCUT2D eigenvalue weighted by Gasteiger charge is -2.51. The minimum atomic E-state index is -2.04. The molecule has 0 aromatic carbocycles. The Morgan fingerprint density at radius 3 is 2.15 bits per heavy atom. The summed E-state index contributed by atoms with van der Waals surface area (Å²) in [6.07, 6.45) is 6.71. The molecule has 0 aromatic rings. The van der Waals surface area contributed by atoms with Crippen LogP contribution in [0.25, 0.3) is 0 Å². The molecule has 0 aliphatic heterocycles. The topological polar surface area (TPSA) is 49.7 Å². The van der Waals surface area contributed by atoms with E-state index in [0.717, 1.165) is 0 Å². The fourth-order valence-electron chi connectivity index (χ4n) is 5.25. The van der Waals surface area contributed by atoms with Crippen LogP contribution in [-0.2, 0) is 4.43 Å². The molecular formula is C22H38O3Si. The molecule has 7 atom stereocenters. The van der Waals surface area contributed by atoms with Crippen molar-refractivity contribution in [3.8, 4) is 0 Å². The van der Waals surface area contributed by atoms with Crippen LogP contribution in [0.5, 0.6) is 0 Å². The zero-order chi connectivity index (χ0) is 20.3. The molecule has 3 nitrogen and oxygen atoms in total. The van der Waals surface area contributed by atoms with E-state index in [0.29, 0.717) is 0 Å². The number of fused-ring (bicyclic) bond motifs is 2. The molecule has 148 valence electrons. The van der Waals surface area contributed by atoms with Crippen molar-refractivity contribution in [1.29, 1.82) is 0 Å². The molecule has 1 fully saturated rings. The summed E-state index contributed by atoms with van der Waals surface area (Å²) in [7, 11) is -2.04. The van der Waals surface area contributed by atoms with Gasteiger partial charge in [-0.25, -0.2) is 0 Å². The van der Waals surface area contributed by atoms with Crippen LogP contribution in [0.2, 0.25) is 18.1 Å². The third-order valence-electron chi connectivity index (χ3n) is 7.95. The van der Waals surface area contributed by atoms with Gasteiger partial charge < -0.3 is 14.6 Å². The van der Waals surface area contributed by atoms with E-state index in [9.17, 15) is 10.2 Å². The summed E-state index contributed by atoms with van der Waals surface area (Å²) in [6.45, 7) is 25.0. The molecule has 0 radical (unpaired) electrons. The summed E-state index contributed by atoms with van der Waals surface area (Å²) in [6, 6.07) is 0. The first-order valence-electron chi connectivity index (χ1n) is 9.64. The number of hydrogen-bond donors (Lipinski definition) is 2. The molecule has 2 aliphatic rings. The lowest BCUT2D eigenvalue weighted by molar-refractivity contribution is -0.130. The van der Waals surface area contributed by atoms with Crippen molar-refractivity contribution in [2.24, 2.45) is 22.7 Å². The zero-order valence-corrected chi connectivity index (χ0v) is 18.8. The molecule has 0 aromatic heterocycles. The molecule has 0 spiro atoms. The monoisotopic (exact) mass is 378 g/mol. The largest absolute Gasteiger partial charge is 0.410 e. The Kier molecular flexibility index (Phi) is 5.12. The minimum absolute atomic E-state index is 0.00984. The van der Waals surface area contributed by atoms with Crippen molar-refractivity contribution in [3.63, 3.8) is 0 Å². The third kappa shape index (κ3) is 2.64. The molecule has 2 rings (SSSR count). The standard InChI is InChI=1S/C22H38O3Si/c1-11-15(23)18-20(6)14-13-17(25-26(9,10)19(3,4)5)21(7,16(20)12-2)22(18,8)24/h11-18,23-24H,1-2H2,3-10H3/t15-,16-,17-,18+,20?,21?,22+/m0/s1. The highest BCUT2D eigenvalue weighted by Crippen LogP contribution is 2.69. The summed E-state index contributed by atoms with van der Waals surface area (Å²) >= 11 is 0. The first-order chi connectivity index (χ1) is 11.6. The van der Waals surface area contributed by atoms with Gasteiger partial charge in [-0.1, -0.05) is 58.9 Å². The average molecular weight is 379 g/mol. The molecule has 2 bridgehead atoms. The Bertz CT molecular complexity index is 615. The van der Waals surface area contributed by atoms with E-state index in [-0.39, 0.29) is 23.0 Å². The Morgan fingerprint density at radius 2 is 1.73 bits per heavy atom. The Hall–Kier alpha value is -0.683. The number of rotatable bonds is 5. The van der Waals surface area contributed by atoms with Gasteiger partial charge >= 0.3 is 0 Å².